The fourth-order valence-corrected chi connectivity index (χ4v) is 1.77. The van der Waals surface area contributed by atoms with Crippen LogP contribution < -0.4 is 5.48 Å². The van der Waals surface area contributed by atoms with Crippen LogP contribution in [0.2, 0.25) is 5.02 Å². The third kappa shape index (κ3) is 3.96. The standard InChI is InChI=1S/C14H10ClF3N2O/c15-11-4-6-12(7-5-11)19-13(20-21)9-2-1-3-10(8-9)14(16,17)18/h1-8,21H,(H,19,20). The van der Waals surface area contributed by atoms with Crippen molar-refractivity contribution in [3.8, 4) is 0 Å². The van der Waals surface area contributed by atoms with E-state index >= 15 is 0 Å². The van der Waals surface area contributed by atoms with Gasteiger partial charge < -0.3 is 0 Å². The van der Waals surface area contributed by atoms with Crippen molar-refractivity contribution in [1.82, 2.24) is 5.48 Å². The zero-order chi connectivity index (χ0) is 15.5. The Morgan fingerprint density at radius 2 is 1.76 bits per heavy atom. The maximum Gasteiger partial charge on any atom is 0.416 e. The maximum atomic E-state index is 12.7. The largest absolute Gasteiger partial charge is 0.416 e. The molecule has 2 N–H and O–H groups in total. The van der Waals surface area contributed by atoms with Crippen LogP contribution in [0.3, 0.4) is 0 Å². The quantitative estimate of drug-likeness (QED) is 0.490. The monoisotopic (exact) mass is 314 g/mol. The number of aliphatic imine (C=N–C) groups is 1. The van der Waals surface area contributed by atoms with Crippen LogP contribution in [-0.4, -0.2) is 11.0 Å². The van der Waals surface area contributed by atoms with E-state index in [2.05, 4.69) is 4.99 Å². The molecule has 2 rings (SSSR count). The number of rotatable bonds is 2. The molecule has 0 fully saturated rings. The number of nitrogens with zero attached hydrogens (tertiary/aromatic N) is 1. The Hall–Kier alpha value is -2.05. The normalized spacial score (nSPS) is 12.3. The van der Waals surface area contributed by atoms with Gasteiger partial charge in [0.05, 0.1) is 11.3 Å². The Balaban J connectivity index is 2.39. The van der Waals surface area contributed by atoms with Crippen LogP contribution >= 0.6 is 11.6 Å². The third-order valence-corrected chi connectivity index (χ3v) is 2.89. The molecule has 0 aliphatic carbocycles. The third-order valence-electron chi connectivity index (χ3n) is 2.64. The number of nitrogens with one attached hydrogen (secondary N) is 1. The van der Waals surface area contributed by atoms with Crippen LogP contribution in [0.5, 0.6) is 0 Å². The Bertz CT molecular complexity index is 654. The molecule has 110 valence electrons. The van der Waals surface area contributed by atoms with Crippen molar-refractivity contribution in [2.45, 2.75) is 6.18 Å². The smallest absolute Gasteiger partial charge is 0.290 e. The highest BCUT2D eigenvalue weighted by atomic mass is 35.5. The molecule has 0 unspecified atom stereocenters. The van der Waals surface area contributed by atoms with E-state index in [0.29, 0.717) is 10.7 Å². The number of halogens is 4. The first-order chi connectivity index (χ1) is 9.90. The van der Waals surface area contributed by atoms with Crippen molar-refractivity contribution >= 4 is 23.1 Å². The summed E-state index contributed by atoms with van der Waals surface area (Å²) in [4.78, 5) is 4.04. The second-order valence-electron chi connectivity index (χ2n) is 4.13. The average Bonchev–Trinajstić information content (AvgIpc) is 2.46. The summed E-state index contributed by atoms with van der Waals surface area (Å²) in [5, 5.41) is 9.61. The lowest BCUT2D eigenvalue weighted by molar-refractivity contribution is -0.137. The molecule has 0 saturated heterocycles. The summed E-state index contributed by atoms with van der Waals surface area (Å²) in [6, 6.07) is 10.8. The predicted molar refractivity (Wildman–Crippen MR) is 74.0 cm³/mol. The topological polar surface area (TPSA) is 44.6 Å². The van der Waals surface area contributed by atoms with E-state index in [9.17, 15) is 13.2 Å². The summed E-state index contributed by atoms with van der Waals surface area (Å²) in [6.45, 7) is 0. The molecule has 0 bridgehead atoms. The van der Waals surface area contributed by atoms with Gasteiger partial charge in [0.15, 0.2) is 5.84 Å². The van der Waals surface area contributed by atoms with E-state index in [-0.39, 0.29) is 11.4 Å². The van der Waals surface area contributed by atoms with E-state index < -0.39 is 11.7 Å². The number of hydroxylamine groups is 1. The fraction of sp³-hybridized carbons (Fsp3) is 0.0714. The summed E-state index contributed by atoms with van der Waals surface area (Å²) in [5.74, 6) is -0.0941. The summed E-state index contributed by atoms with van der Waals surface area (Å²) < 4.78 is 38.0. The summed E-state index contributed by atoms with van der Waals surface area (Å²) in [6.07, 6.45) is -4.46. The van der Waals surface area contributed by atoms with E-state index in [1.54, 1.807) is 24.3 Å². The van der Waals surface area contributed by atoms with Gasteiger partial charge in [-0.05, 0) is 36.4 Å². The van der Waals surface area contributed by atoms with Gasteiger partial charge in [0, 0.05) is 10.6 Å². The Morgan fingerprint density at radius 3 is 2.33 bits per heavy atom. The van der Waals surface area contributed by atoms with Gasteiger partial charge in [-0.25, -0.2) is 4.99 Å². The maximum absolute atomic E-state index is 12.7. The van der Waals surface area contributed by atoms with E-state index in [0.717, 1.165) is 12.1 Å². The Kier molecular flexibility index (Phi) is 4.50. The molecule has 7 heteroatoms. The van der Waals surface area contributed by atoms with Crippen molar-refractivity contribution in [2.24, 2.45) is 4.99 Å². The minimum absolute atomic E-state index is 0.0941. The van der Waals surface area contributed by atoms with Crippen molar-refractivity contribution < 1.29 is 18.4 Å². The van der Waals surface area contributed by atoms with Crippen molar-refractivity contribution in [1.29, 1.82) is 0 Å². The second-order valence-corrected chi connectivity index (χ2v) is 4.56. The lowest BCUT2D eigenvalue weighted by atomic mass is 10.1. The van der Waals surface area contributed by atoms with Gasteiger partial charge >= 0.3 is 6.18 Å². The van der Waals surface area contributed by atoms with Crippen LogP contribution in [0.4, 0.5) is 18.9 Å². The zero-order valence-corrected chi connectivity index (χ0v) is 11.3. The van der Waals surface area contributed by atoms with Crippen LogP contribution in [0.15, 0.2) is 53.5 Å². The number of hydrogen-bond acceptors (Lipinski definition) is 2. The molecule has 0 heterocycles. The SMILES string of the molecule is ONC(=Nc1ccc(Cl)cc1)c1cccc(C(F)(F)F)c1. The highest BCUT2D eigenvalue weighted by Gasteiger charge is 2.30. The van der Waals surface area contributed by atoms with Crippen LogP contribution in [-0.2, 0) is 6.18 Å². The van der Waals surface area contributed by atoms with Crippen LogP contribution in [0.25, 0.3) is 0 Å². The highest BCUT2D eigenvalue weighted by Crippen LogP contribution is 2.29. The number of alkyl halides is 3. The molecule has 0 aliphatic rings. The van der Waals surface area contributed by atoms with Crippen molar-refractivity contribution in [3.05, 3.63) is 64.7 Å². The van der Waals surface area contributed by atoms with Crippen LogP contribution in [0, 0.1) is 0 Å². The molecular weight excluding hydrogens is 305 g/mol. The minimum atomic E-state index is -4.46. The number of hydrogen-bond donors (Lipinski definition) is 2. The van der Waals surface area contributed by atoms with E-state index in [4.69, 9.17) is 16.8 Å². The molecule has 0 atom stereocenters. The van der Waals surface area contributed by atoms with Gasteiger partial charge in [-0.15, -0.1) is 0 Å². The van der Waals surface area contributed by atoms with Gasteiger partial charge in [0.2, 0.25) is 0 Å². The minimum Gasteiger partial charge on any atom is -0.290 e. The van der Waals surface area contributed by atoms with Gasteiger partial charge in [0.25, 0.3) is 0 Å². The molecule has 0 spiro atoms. The molecular formula is C14H10ClF3N2O. The summed E-state index contributed by atoms with van der Waals surface area (Å²) >= 11 is 5.73. The molecule has 2 aromatic rings. The lowest BCUT2D eigenvalue weighted by Gasteiger charge is -2.10. The van der Waals surface area contributed by atoms with E-state index in [1.165, 1.54) is 12.1 Å². The van der Waals surface area contributed by atoms with Gasteiger partial charge in [-0.3, -0.25) is 10.7 Å². The van der Waals surface area contributed by atoms with Crippen molar-refractivity contribution in [3.63, 3.8) is 0 Å². The molecule has 0 aliphatic heterocycles. The average molecular weight is 315 g/mol. The molecule has 21 heavy (non-hydrogen) atoms. The Morgan fingerprint density at radius 1 is 1.10 bits per heavy atom. The fourth-order valence-electron chi connectivity index (χ4n) is 1.64. The molecule has 2 aromatic carbocycles. The second kappa shape index (κ2) is 6.15. The first-order valence-corrected chi connectivity index (χ1v) is 6.20. The van der Waals surface area contributed by atoms with Crippen molar-refractivity contribution in [2.75, 3.05) is 0 Å². The summed E-state index contributed by atoms with van der Waals surface area (Å²) in [5.41, 5.74) is 1.54. The molecule has 0 aromatic heterocycles. The lowest BCUT2D eigenvalue weighted by Crippen LogP contribution is -2.20. The van der Waals surface area contributed by atoms with Gasteiger partial charge in [-0.1, -0.05) is 23.7 Å². The summed E-state index contributed by atoms with van der Waals surface area (Å²) in [7, 11) is 0. The van der Waals surface area contributed by atoms with E-state index in [1.807, 2.05) is 5.48 Å². The molecule has 3 nitrogen and oxygen atoms in total. The molecule has 0 amide bonds. The first-order valence-electron chi connectivity index (χ1n) is 5.82. The first kappa shape index (κ1) is 15.3. The number of amidine groups is 1. The van der Waals surface area contributed by atoms with Gasteiger partial charge in [-0.2, -0.15) is 13.2 Å². The number of benzene rings is 2. The molecule has 0 saturated carbocycles. The zero-order valence-electron chi connectivity index (χ0n) is 10.5. The van der Waals surface area contributed by atoms with Crippen LogP contribution in [0.1, 0.15) is 11.1 Å². The Labute approximate surface area is 123 Å². The van der Waals surface area contributed by atoms with Gasteiger partial charge in [0.1, 0.15) is 0 Å². The predicted octanol–water partition coefficient (Wildman–Crippen LogP) is 4.42. The highest BCUT2D eigenvalue weighted by molar-refractivity contribution is 6.30. The molecule has 0 radical (unpaired) electrons.